The third-order valence-corrected chi connectivity index (χ3v) is 4.88. The fourth-order valence-electron chi connectivity index (χ4n) is 3.19. The molecule has 1 unspecified atom stereocenters. The third-order valence-electron chi connectivity index (χ3n) is 4.88. The number of rotatable bonds is 4. The molecule has 3 heterocycles. The number of epoxide rings is 1. The number of nitrogens with zero attached hydrogens (tertiary/aromatic N) is 1. The van der Waals surface area contributed by atoms with Gasteiger partial charge in [-0.25, -0.2) is 4.98 Å². The van der Waals surface area contributed by atoms with Crippen LogP contribution < -0.4 is 16.2 Å². The van der Waals surface area contributed by atoms with Crippen LogP contribution in [0.2, 0.25) is 0 Å². The van der Waals surface area contributed by atoms with Crippen molar-refractivity contribution in [1.82, 2.24) is 20.8 Å². The quantitative estimate of drug-likeness (QED) is 0.300. The molecule has 0 aliphatic carbocycles. The Hall–Kier alpha value is -4.24. The van der Waals surface area contributed by atoms with Crippen LogP contribution in [0.1, 0.15) is 21.0 Å². The monoisotopic (exact) mass is 415 g/mol. The Kier molecular flexibility index (Phi) is 4.57. The number of pyridine rings is 1. The van der Waals surface area contributed by atoms with Crippen LogP contribution >= 0.6 is 0 Å². The molecule has 0 spiro atoms. The van der Waals surface area contributed by atoms with E-state index in [-0.39, 0.29) is 11.6 Å². The summed E-state index contributed by atoms with van der Waals surface area (Å²) in [5.41, 5.74) is 7.24. The average Bonchev–Trinajstić information content (AvgIpc) is 3.56. The number of para-hydroxylation sites is 1. The lowest BCUT2D eigenvalue weighted by Gasteiger charge is -2.06. The highest BCUT2D eigenvalue weighted by Gasteiger charge is 2.31. The summed E-state index contributed by atoms with van der Waals surface area (Å²) in [7, 11) is 0. The number of fused-ring (bicyclic) bond motifs is 2. The molecule has 1 aliphatic rings. The van der Waals surface area contributed by atoms with Gasteiger partial charge < -0.3 is 15.0 Å². The van der Waals surface area contributed by atoms with Gasteiger partial charge in [0, 0.05) is 22.0 Å². The Bertz CT molecular complexity index is 1340. The minimum atomic E-state index is -0.494. The lowest BCUT2D eigenvalue weighted by atomic mass is 10.2. The number of hydrazine groups is 1. The molecule has 4 N–H and O–H groups in total. The number of carbonyl (C=O) groups is 3. The first-order chi connectivity index (χ1) is 15.1. The largest absolute Gasteiger partial charge is 0.363 e. The topological polar surface area (TPSA) is 129 Å². The molecule has 2 aromatic carbocycles. The van der Waals surface area contributed by atoms with Crippen LogP contribution in [0.3, 0.4) is 0 Å². The van der Waals surface area contributed by atoms with Gasteiger partial charge in [-0.3, -0.25) is 25.2 Å². The number of anilines is 1. The Labute approximate surface area is 175 Å². The first-order valence-electron chi connectivity index (χ1n) is 9.58. The average molecular weight is 415 g/mol. The summed E-state index contributed by atoms with van der Waals surface area (Å²) in [6.45, 7) is 0.358. The van der Waals surface area contributed by atoms with Crippen molar-refractivity contribution in [2.45, 2.75) is 6.10 Å². The van der Waals surface area contributed by atoms with Gasteiger partial charge in [-0.1, -0.05) is 24.3 Å². The van der Waals surface area contributed by atoms with Crippen LogP contribution in [0.4, 0.5) is 5.69 Å². The molecule has 4 aromatic rings. The summed E-state index contributed by atoms with van der Waals surface area (Å²) in [5.74, 6) is -1.21. The Morgan fingerprint density at radius 3 is 2.61 bits per heavy atom. The molecule has 0 saturated carbocycles. The number of nitrogens with one attached hydrogen (secondary N) is 4. The zero-order chi connectivity index (χ0) is 21.4. The van der Waals surface area contributed by atoms with E-state index in [1.807, 2.05) is 30.3 Å². The molecule has 0 bridgehead atoms. The van der Waals surface area contributed by atoms with Gasteiger partial charge in [0.25, 0.3) is 17.7 Å². The first kappa shape index (κ1) is 18.8. The van der Waals surface area contributed by atoms with Crippen LogP contribution in [0.15, 0.2) is 60.7 Å². The van der Waals surface area contributed by atoms with E-state index < -0.39 is 17.9 Å². The summed E-state index contributed by atoms with van der Waals surface area (Å²) in [6, 6.07) is 18.0. The number of aromatic amines is 1. The van der Waals surface area contributed by atoms with Crippen LogP contribution in [-0.4, -0.2) is 40.4 Å². The van der Waals surface area contributed by atoms with Crippen molar-refractivity contribution >= 4 is 45.2 Å². The van der Waals surface area contributed by atoms with Crippen LogP contribution in [0, 0.1) is 0 Å². The summed E-state index contributed by atoms with van der Waals surface area (Å²) in [5, 5.41) is 4.51. The fraction of sp³-hybridized carbons (Fsp3) is 0.0909. The van der Waals surface area contributed by atoms with Gasteiger partial charge >= 0.3 is 0 Å². The minimum Gasteiger partial charge on any atom is -0.363 e. The predicted molar refractivity (Wildman–Crippen MR) is 113 cm³/mol. The number of aromatic nitrogens is 2. The van der Waals surface area contributed by atoms with Crippen LogP contribution in [0.5, 0.6) is 0 Å². The zero-order valence-corrected chi connectivity index (χ0v) is 16.1. The number of H-pyrrole nitrogens is 1. The zero-order valence-electron chi connectivity index (χ0n) is 16.1. The lowest BCUT2D eigenvalue weighted by molar-refractivity contribution is -0.123. The molecule has 2 aromatic heterocycles. The standard InChI is InChI=1S/C22H17N5O4/c28-20(17-7-5-12-3-1-2-4-15(12)24-17)23-14-6-8-16-13(9-14)10-18(25-16)21(29)26-27-22(30)19-11-31-19/h1-10,19,25H,11H2,(H,23,28)(H,26,29)(H,27,30). The molecule has 1 saturated heterocycles. The number of benzene rings is 2. The molecule has 1 aliphatic heterocycles. The summed E-state index contributed by atoms with van der Waals surface area (Å²) >= 11 is 0. The molecule has 31 heavy (non-hydrogen) atoms. The van der Waals surface area contributed by atoms with E-state index in [2.05, 4.69) is 26.1 Å². The third kappa shape index (κ3) is 3.94. The van der Waals surface area contributed by atoms with Crippen LogP contribution in [0.25, 0.3) is 21.8 Å². The Balaban J connectivity index is 1.30. The first-order valence-corrected chi connectivity index (χ1v) is 9.58. The highest BCUT2D eigenvalue weighted by molar-refractivity contribution is 6.05. The van der Waals surface area contributed by atoms with Gasteiger partial charge in [-0.2, -0.15) is 0 Å². The normalized spacial score (nSPS) is 14.9. The summed E-state index contributed by atoms with van der Waals surface area (Å²) in [6.07, 6.45) is -0.494. The SMILES string of the molecule is O=C(Nc1ccc2[nH]c(C(=O)NNC(=O)C3CO3)cc2c1)c1ccc2ccccc2n1. The molecular formula is C22H17N5O4. The molecule has 5 rings (SSSR count). The molecule has 3 amide bonds. The van der Waals surface area contributed by atoms with E-state index in [1.165, 1.54) is 0 Å². The summed E-state index contributed by atoms with van der Waals surface area (Å²) < 4.78 is 4.84. The second-order valence-corrected chi connectivity index (χ2v) is 7.09. The van der Waals surface area contributed by atoms with Crippen molar-refractivity contribution in [3.63, 3.8) is 0 Å². The maximum atomic E-state index is 12.6. The molecule has 154 valence electrons. The van der Waals surface area contributed by atoms with E-state index in [4.69, 9.17) is 4.74 Å². The van der Waals surface area contributed by atoms with E-state index in [0.717, 1.165) is 16.3 Å². The molecule has 0 radical (unpaired) electrons. The second-order valence-electron chi connectivity index (χ2n) is 7.09. The lowest BCUT2D eigenvalue weighted by Crippen LogP contribution is -2.43. The molecular weight excluding hydrogens is 398 g/mol. The number of ether oxygens (including phenoxy) is 1. The smallest absolute Gasteiger partial charge is 0.286 e. The molecule has 1 atom stereocenters. The molecule has 1 fully saturated rings. The number of hydrogen-bond donors (Lipinski definition) is 4. The van der Waals surface area contributed by atoms with Crippen molar-refractivity contribution in [3.05, 3.63) is 72.1 Å². The van der Waals surface area contributed by atoms with Gasteiger partial charge in [-0.05, 0) is 36.4 Å². The summed E-state index contributed by atoms with van der Waals surface area (Å²) in [4.78, 5) is 43.8. The maximum Gasteiger partial charge on any atom is 0.286 e. The maximum absolute atomic E-state index is 12.6. The highest BCUT2D eigenvalue weighted by atomic mass is 16.6. The van der Waals surface area contributed by atoms with Crippen molar-refractivity contribution in [2.24, 2.45) is 0 Å². The predicted octanol–water partition coefficient (Wildman–Crippen LogP) is 2.13. The number of hydrogen-bond acceptors (Lipinski definition) is 5. The van der Waals surface area contributed by atoms with Crippen molar-refractivity contribution in [2.75, 3.05) is 11.9 Å². The van der Waals surface area contributed by atoms with E-state index >= 15 is 0 Å². The Morgan fingerprint density at radius 2 is 1.77 bits per heavy atom. The van der Waals surface area contributed by atoms with E-state index in [0.29, 0.717) is 23.5 Å². The Morgan fingerprint density at radius 1 is 0.935 bits per heavy atom. The highest BCUT2D eigenvalue weighted by Crippen LogP contribution is 2.21. The van der Waals surface area contributed by atoms with Gasteiger partial charge in [0.1, 0.15) is 11.4 Å². The van der Waals surface area contributed by atoms with E-state index in [1.54, 1.807) is 30.3 Å². The molecule has 9 nitrogen and oxygen atoms in total. The number of carbonyl (C=O) groups excluding carboxylic acids is 3. The van der Waals surface area contributed by atoms with Crippen LogP contribution in [-0.2, 0) is 9.53 Å². The van der Waals surface area contributed by atoms with Gasteiger partial charge in [-0.15, -0.1) is 0 Å². The minimum absolute atomic E-state index is 0.270. The van der Waals surface area contributed by atoms with Gasteiger partial charge in [0.05, 0.1) is 12.1 Å². The van der Waals surface area contributed by atoms with Crippen molar-refractivity contribution in [1.29, 1.82) is 0 Å². The van der Waals surface area contributed by atoms with E-state index in [9.17, 15) is 14.4 Å². The van der Waals surface area contributed by atoms with Gasteiger partial charge in [0.2, 0.25) is 0 Å². The molecule has 9 heteroatoms. The van der Waals surface area contributed by atoms with Crippen molar-refractivity contribution < 1.29 is 19.1 Å². The fourth-order valence-corrected chi connectivity index (χ4v) is 3.19. The second kappa shape index (κ2) is 7.54. The number of amides is 3. The van der Waals surface area contributed by atoms with Crippen molar-refractivity contribution in [3.8, 4) is 0 Å². The van der Waals surface area contributed by atoms with Gasteiger partial charge in [0.15, 0.2) is 6.10 Å².